The van der Waals surface area contributed by atoms with Gasteiger partial charge in [-0.05, 0) is 36.5 Å². The van der Waals surface area contributed by atoms with Crippen molar-refractivity contribution in [2.24, 2.45) is 17.6 Å². The summed E-state index contributed by atoms with van der Waals surface area (Å²) in [6.45, 7) is 7.00. The molecule has 0 saturated carbocycles. The number of urea groups is 1. The molecule has 2 aliphatic rings. The number of nitrogens with two attached hydrogens (primary N) is 1. The van der Waals surface area contributed by atoms with Crippen molar-refractivity contribution < 1.29 is 4.79 Å². The zero-order valence-electron chi connectivity index (χ0n) is 11.5. The number of aryl methyl sites for hydroxylation is 2. The van der Waals surface area contributed by atoms with Crippen LogP contribution in [-0.4, -0.2) is 30.6 Å². The minimum atomic E-state index is -0.290. The maximum Gasteiger partial charge on any atom is 0.315 e. The molecule has 3 rings (SSSR count). The molecule has 4 heteroatoms. The first-order valence-corrected chi connectivity index (χ1v) is 6.92. The molecule has 2 aliphatic heterocycles. The van der Waals surface area contributed by atoms with Crippen LogP contribution in [0, 0.1) is 25.7 Å². The van der Waals surface area contributed by atoms with E-state index in [1.807, 2.05) is 4.90 Å². The molecule has 2 heterocycles. The Kier molecular flexibility index (Phi) is 2.97. The predicted molar refractivity (Wildman–Crippen MR) is 74.8 cm³/mol. The zero-order chi connectivity index (χ0) is 13.6. The molecule has 2 fully saturated rings. The summed E-state index contributed by atoms with van der Waals surface area (Å²) in [5.41, 5.74) is 9.39. The molecule has 3 unspecified atom stereocenters. The van der Waals surface area contributed by atoms with E-state index in [0.29, 0.717) is 11.8 Å². The second-order valence-corrected chi connectivity index (χ2v) is 5.82. The lowest BCUT2D eigenvalue weighted by molar-refractivity contribution is 0.194. The first-order chi connectivity index (χ1) is 9.09. The monoisotopic (exact) mass is 259 g/mol. The summed E-state index contributed by atoms with van der Waals surface area (Å²) in [5.74, 6) is 1.03. The average Bonchev–Trinajstić information content (AvgIpc) is 2.90. The number of primary amides is 1. The van der Waals surface area contributed by atoms with Crippen LogP contribution in [0.25, 0.3) is 0 Å². The largest absolute Gasteiger partial charge is 0.351 e. The van der Waals surface area contributed by atoms with Gasteiger partial charge in [-0.2, -0.15) is 0 Å². The maximum atomic E-state index is 11.8. The number of carbonyl (C=O) groups excluding carboxylic acids is 1. The number of rotatable bonds is 1. The van der Waals surface area contributed by atoms with E-state index in [1.54, 1.807) is 0 Å². The summed E-state index contributed by atoms with van der Waals surface area (Å²) in [5, 5.41) is 3.44. The van der Waals surface area contributed by atoms with Crippen LogP contribution in [0.3, 0.4) is 0 Å². The van der Waals surface area contributed by atoms with Crippen LogP contribution in [0.15, 0.2) is 18.2 Å². The summed E-state index contributed by atoms with van der Waals surface area (Å²) in [4.78, 5) is 13.6. The highest BCUT2D eigenvalue weighted by Gasteiger charge is 2.47. The Morgan fingerprint density at radius 1 is 1.32 bits per heavy atom. The Bertz CT molecular complexity index is 494. The Balaban J connectivity index is 2.06. The van der Waals surface area contributed by atoms with Gasteiger partial charge in [0, 0.05) is 25.6 Å². The molecule has 4 nitrogen and oxygen atoms in total. The highest BCUT2D eigenvalue weighted by atomic mass is 16.2. The normalized spacial score (nSPS) is 29.6. The molecule has 0 radical (unpaired) electrons. The van der Waals surface area contributed by atoms with Gasteiger partial charge in [-0.15, -0.1) is 0 Å². The van der Waals surface area contributed by atoms with Crippen LogP contribution in [0.4, 0.5) is 4.79 Å². The minimum Gasteiger partial charge on any atom is -0.351 e. The molecule has 3 atom stereocenters. The van der Waals surface area contributed by atoms with Crippen molar-refractivity contribution in [2.45, 2.75) is 19.9 Å². The van der Waals surface area contributed by atoms with Crippen molar-refractivity contribution in [3.63, 3.8) is 0 Å². The van der Waals surface area contributed by atoms with Gasteiger partial charge < -0.3 is 16.0 Å². The van der Waals surface area contributed by atoms with E-state index in [2.05, 4.69) is 37.4 Å². The second-order valence-electron chi connectivity index (χ2n) is 5.82. The predicted octanol–water partition coefficient (Wildman–Crippen LogP) is 1.57. The lowest BCUT2D eigenvalue weighted by Gasteiger charge is -2.29. The van der Waals surface area contributed by atoms with E-state index in [-0.39, 0.29) is 12.1 Å². The fourth-order valence-corrected chi connectivity index (χ4v) is 3.81. The summed E-state index contributed by atoms with van der Waals surface area (Å²) in [6.07, 6.45) is 0. The Hall–Kier alpha value is -1.55. The number of amides is 2. The first-order valence-electron chi connectivity index (χ1n) is 6.92. The van der Waals surface area contributed by atoms with Crippen LogP contribution in [0.5, 0.6) is 0 Å². The van der Waals surface area contributed by atoms with Gasteiger partial charge in [0.2, 0.25) is 0 Å². The number of nitrogens with zero attached hydrogens (tertiary/aromatic N) is 1. The molecule has 2 amide bonds. The van der Waals surface area contributed by atoms with Gasteiger partial charge in [0.05, 0.1) is 6.04 Å². The molecule has 3 N–H and O–H groups in total. The van der Waals surface area contributed by atoms with E-state index in [1.165, 1.54) is 16.7 Å². The topological polar surface area (TPSA) is 58.4 Å². The number of benzene rings is 1. The van der Waals surface area contributed by atoms with Crippen molar-refractivity contribution in [1.82, 2.24) is 10.2 Å². The van der Waals surface area contributed by atoms with Crippen LogP contribution < -0.4 is 11.1 Å². The molecule has 0 aromatic heterocycles. The van der Waals surface area contributed by atoms with Gasteiger partial charge in [-0.25, -0.2) is 4.79 Å². The van der Waals surface area contributed by atoms with E-state index in [9.17, 15) is 4.79 Å². The van der Waals surface area contributed by atoms with Gasteiger partial charge in [-0.1, -0.05) is 18.2 Å². The highest BCUT2D eigenvalue weighted by molar-refractivity contribution is 5.73. The third kappa shape index (κ3) is 1.91. The minimum absolute atomic E-state index is 0.138. The van der Waals surface area contributed by atoms with Crippen molar-refractivity contribution in [3.8, 4) is 0 Å². The van der Waals surface area contributed by atoms with Gasteiger partial charge in [0.1, 0.15) is 0 Å². The molecule has 102 valence electrons. The first kappa shape index (κ1) is 12.5. The van der Waals surface area contributed by atoms with Gasteiger partial charge >= 0.3 is 6.03 Å². The highest BCUT2D eigenvalue weighted by Crippen LogP contribution is 2.44. The number of likely N-dealkylation sites (tertiary alicyclic amines) is 1. The van der Waals surface area contributed by atoms with E-state index >= 15 is 0 Å². The molecular formula is C15H21N3O. The lowest BCUT2D eigenvalue weighted by atomic mass is 9.85. The Morgan fingerprint density at radius 3 is 2.63 bits per heavy atom. The van der Waals surface area contributed by atoms with Gasteiger partial charge in [0.25, 0.3) is 0 Å². The summed E-state index contributed by atoms with van der Waals surface area (Å²) < 4.78 is 0. The van der Waals surface area contributed by atoms with E-state index in [4.69, 9.17) is 5.73 Å². The fraction of sp³-hybridized carbons (Fsp3) is 0.533. The lowest BCUT2D eigenvalue weighted by Crippen LogP contribution is -2.38. The molecule has 0 spiro atoms. The molecule has 0 bridgehead atoms. The molecule has 2 saturated heterocycles. The second kappa shape index (κ2) is 4.53. The molecular weight excluding hydrogens is 238 g/mol. The quantitative estimate of drug-likeness (QED) is 0.804. The standard InChI is InChI=1S/C15H21N3O/c1-9-4-3-5-10(2)13(9)14-12-7-17-6-11(12)8-18(14)15(16)19/h3-5,11-12,14,17H,6-8H2,1-2H3,(H2,16,19). The van der Waals surface area contributed by atoms with Crippen molar-refractivity contribution in [1.29, 1.82) is 0 Å². The van der Waals surface area contributed by atoms with Crippen molar-refractivity contribution in [2.75, 3.05) is 19.6 Å². The summed E-state index contributed by atoms with van der Waals surface area (Å²) in [7, 11) is 0. The molecule has 0 aliphatic carbocycles. The SMILES string of the molecule is Cc1cccc(C)c1C1C2CNCC2CN1C(N)=O. The van der Waals surface area contributed by atoms with Gasteiger partial charge in [0.15, 0.2) is 0 Å². The van der Waals surface area contributed by atoms with Crippen LogP contribution in [0.1, 0.15) is 22.7 Å². The maximum absolute atomic E-state index is 11.8. The van der Waals surface area contributed by atoms with Crippen molar-refractivity contribution in [3.05, 3.63) is 34.9 Å². The third-order valence-electron chi connectivity index (χ3n) is 4.69. The molecule has 1 aromatic carbocycles. The summed E-state index contributed by atoms with van der Waals surface area (Å²) >= 11 is 0. The number of carbonyl (C=O) groups is 1. The number of hydrogen-bond acceptors (Lipinski definition) is 2. The van der Waals surface area contributed by atoms with Crippen LogP contribution in [0.2, 0.25) is 0 Å². The average molecular weight is 259 g/mol. The van der Waals surface area contributed by atoms with Crippen LogP contribution >= 0.6 is 0 Å². The number of nitrogens with one attached hydrogen (secondary N) is 1. The fourth-order valence-electron chi connectivity index (χ4n) is 3.81. The Morgan fingerprint density at radius 2 is 2.00 bits per heavy atom. The zero-order valence-corrected chi connectivity index (χ0v) is 11.5. The van der Waals surface area contributed by atoms with E-state index in [0.717, 1.165) is 19.6 Å². The summed E-state index contributed by atoms with van der Waals surface area (Å²) in [6, 6.07) is 6.16. The molecule has 19 heavy (non-hydrogen) atoms. The van der Waals surface area contributed by atoms with Crippen molar-refractivity contribution >= 4 is 6.03 Å². The third-order valence-corrected chi connectivity index (χ3v) is 4.69. The number of fused-ring (bicyclic) bond motifs is 1. The Labute approximate surface area is 114 Å². The van der Waals surface area contributed by atoms with Gasteiger partial charge in [-0.3, -0.25) is 0 Å². The smallest absolute Gasteiger partial charge is 0.315 e. The molecule has 1 aromatic rings. The van der Waals surface area contributed by atoms with E-state index < -0.39 is 0 Å². The number of hydrogen-bond donors (Lipinski definition) is 2. The van der Waals surface area contributed by atoms with Crippen LogP contribution in [-0.2, 0) is 0 Å².